The van der Waals surface area contributed by atoms with Gasteiger partial charge in [-0.2, -0.15) is 4.98 Å². The smallest absolute Gasteiger partial charge is 0.223 e. The van der Waals surface area contributed by atoms with E-state index in [4.69, 9.17) is 17.3 Å². The summed E-state index contributed by atoms with van der Waals surface area (Å²) >= 11 is 7.71. The van der Waals surface area contributed by atoms with E-state index >= 15 is 0 Å². The molecule has 3 rings (SSSR count). The fourth-order valence-electron chi connectivity index (χ4n) is 2.03. The number of hydrogen-bond acceptors (Lipinski definition) is 5. The molecule has 17 heavy (non-hydrogen) atoms. The molecule has 0 bridgehead atoms. The predicted octanol–water partition coefficient (Wildman–Crippen LogP) is 2.34. The van der Waals surface area contributed by atoms with Gasteiger partial charge in [0.05, 0.1) is 0 Å². The summed E-state index contributed by atoms with van der Waals surface area (Å²) in [6.45, 7) is 1.81. The average Bonchev–Trinajstić information content (AvgIpc) is 2.74. The van der Waals surface area contributed by atoms with E-state index < -0.39 is 0 Å². The highest BCUT2D eigenvalue weighted by molar-refractivity contribution is 7.10. The maximum absolute atomic E-state index is 5.89. The van der Waals surface area contributed by atoms with Crippen LogP contribution in [-0.4, -0.2) is 16.5 Å². The van der Waals surface area contributed by atoms with Crippen molar-refractivity contribution in [3.05, 3.63) is 33.1 Å². The Morgan fingerprint density at radius 1 is 1.41 bits per heavy atom. The Kier molecular flexibility index (Phi) is 2.64. The van der Waals surface area contributed by atoms with Gasteiger partial charge in [-0.05, 0) is 23.4 Å². The molecule has 2 N–H and O–H groups in total. The zero-order valence-corrected chi connectivity index (χ0v) is 10.6. The zero-order chi connectivity index (χ0) is 11.8. The second-order valence-corrected chi connectivity index (χ2v) is 5.34. The summed E-state index contributed by atoms with van der Waals surface area (Å²) in [7, 11) is 0. The largest absolute Gasteiger partial charge is 0.368 e. The molecule has 2 aromatic rings. The summed E-state index contributed by atoms with van der Waals surface area (Å²) in [4.78, 5) is 11.7. The molecule has 0 amide bonds. The molecular weight excluding hydrogens is 256 g/mol. The quantitative estimate of drug-likeness (QED) is 0.805. The Bertz CT molecular complexity index is 534. The molecule has 4 nitrogen and oxygen atoms in total. The molecule has 1 aliphatic heterocycles. The zero-order valence-electron chi connectivity index (χ0n) is 9.06. The van der Waals surface area contributed by atoms with Gasteiger partial charge in [0, 0.05) is 24.0 Å². The van der Waals surface area contributed by atoms with Crippen LogP contribution >= 0.6 is 22.9 Å². The fraction of sp³-hybridized carbons (Fsp3) is 0.273. The van der Waals surface area contributed by atoms with E-state index in [2.05, 4.69) is 26.3 Å². The third-order valence-corrected chi connectivity index (χ3v) is 4.05. The molecular formula is C11H11ClN4S. The van der Waals surface area contributed by atoms with Crippen molar-refractivity contribution in [3.63, 3.8) is 0 Å². The van der Waals surface area contributed by atoms with Crippen LogP contribution in [-0.2, 0) is 13.0 Å². The van der Waals surface area contributed by atoms with E-state index in [1.165, 1.54) is 10.4 Å². The first kappa shape index (κ1) is 10.8. The average molecular weight is 267 g/mol. The lowest BCUT2D eigenvalue weighted by Gasteiger charge is -2.28. The Balaban J connectivity index is 1.91. The van der Waals surface area contributed by atoms with Gasteiger partial charge in [0.15, 0.2) is 0 Å². The van der Waals surface area contributed by atoms with Gasteiger partial charge in [0.2, 0.25) is 5.95 Å². The van der Waals surface area contributed by atoms with E-state index in [1.54, 1.807) is 6.07 Å². The molecule has 0 spiro atoms. The molecule has 0 aliphatic carbocycles. The van der Waals surface area contributed by atoms with Gasteiger partial charge in [-0.15, -0.1) is 11.3 Å². The van der Waals surface area contributed by atoms with Gasteiger partial charge in [-0.3, -0.25) is 0 Å². The Morgan fingerprint density at radius 3 is 3.12 bits per heavy atom. The topological polar surface area (TPSA) is 55.0 Å². The van der Waals surface area contributed by atoms with E-state index in [1.807, 2.05) is 11.3 Å². The highest BCUT2D eigenvalue weighted by atomic mass is 35.5. The summed E-state index contributed by atoms with van der Waals surface area (Å²) in [6.07, 6.45) is 1.05. The maximum Gasteiger partial charge on any atom is 0.223 e. The van der Waals surface area contributed by atoms with Crippen molar-refractivity contribution < 1.29 is 0 Å². The van der Waals surface area contributed by atoms with Crippen LogP contribution in [0.5, 0.6) is 0 Å². The number of nitrogen functional groups attached to an aromatic ring is 1. The number of nitrogens with two attached hydrogens (primary N) is 1. The van der Waals surface area contributed by atoms with Crippen molar-refractivity contribution in [2.24, 2.45) is 0 Å². The monoisotopic (exact) mass is 266 g/mol. The highest BCUT2D eigenvalue weighted by Crippen LogP contribution is 2.27. The van der Waals surface area contributed by atoms with E-state index in [0.29, 0.717) is 5.15 Å². The normalized spacial score (nSPS) is 14.8. The second-order valence-electron chi connectivity index (χ2n) is 3.95. The number of aromatic nitrogens is 2. The van der Waals surface area contributed by atoms with E-state index in [9.17, 15) is 0 Å². The first-order valence-electron chi connectivity index (χ1n) is 5.32. The van der Waals surface area contributed by atoms with Gasteiger partial charge in [0.25, 0.3) is 0 Å². The standard InChI is InChI=1S/C11H11ClN4S/c12-9-5-10(15-11(13)14-9)16-3-1-8-7(6-16)2-4-17-8/h2,4-5H,1,3,6H2,(H2,13,14,15). The molecule has 3 heterocycles. The Labute approximate surface area is 108 Å². The van der Waals surface area contributed by atoms with Crippen molar-refractivity contribution in [2.75, 3.05) is 17.2 Å². The van der Waals surface area contributed by atoms with Crippen LogP contribution in [0.3, 0.4) is 0 Å². The van der Waals surface area contributed by atoms with Crippen LogP contribution in [0.1, 0.15) is 10.4 Å². The SMILES string of the molecule is Nc1nc(Cl)cc(N2CCc3sccc3C2)n1. The molecule has 6 heteroatoms. The van der Waals surface area contributed by atoms with E-state index in [-0.39, 0.29) is 5.95 Å². The van der Waals surface area contributed by atoms with Gasteiger partial charge in [0.1, 0.15) is 11.0 Å². The first-order chi connectivity index (χ1) is 8.22. The van der Waals surface area contributed by atoms with Gasteiger partial charge >= 0.3 is 0 Å². The van der Waals surface area contributed by atoms with Crippen molar-refractivity contribution in [1.29, 1.82) is 0 Å². The van der Waals surface area contributed by atoms with Crippen molar-refractivity contribution in [1.82, 2.24) is 9.97 Å². The molecule has 0 unspecified atom stereocenters. The van der Waals surface area contributed by atoms with Crippen LogP contribution in [0.2, 0.25) is 5.15 Å². The molecule has 2 aromatic heterocycles. The number of hydrogen-bond donors (Lipinski definition) is 1. The van der Waals surface area contributed by atoms with Crippen molar-refractivity contribution >= 4 is 34.7 Å². The lowest BCUT2D eigenvalue weighted by molar-refractivity contribution is 0.731. The molecule has 0 saturated heterocycles. The van der Waals surface area contributed by atoms with Crippen LogP contribution in [0.4, 0.5) is 11.8 Å². The highest BCUT2D eigenvalue weighted by Gasteiger charge is 2.19. The van der Waals surface area contributed by atoms with Crippen LogP contribution in [0.15, 0.2) is 17.5 Å². The van der Waals surface area contributed by atoms with Crippen LogP contribution in [0, 0.1) is 0 Å². The minimum atomic E-state index is 0.226. The first-order valence-corrected chi connectivity index (χ1v) is 6.58. The molecule has 0 atom stereocenters. The fourth-order valence-corrected chi connectivity index (χ4v) is 3.10. The number of halogens is 1. The molecule has 0 fully saturated rings. The van der Waals surface area contributed by atoms with Crippen LogP contribution < -0.4 is 10.6 Å². The Hall–Kier alpha value is -1.33. The minimum absolute atomic E-state index is 0.226. The third-order valence-electron chi connectivity index (χ3n) is 2.83. The van der Waals surface area contributed by atoms with Crippen molar-refractivity contribution in [3.8, 4) is 0 Å². The lowest BCUT2D eigenvalue weighted by Crippen LogP contribution is -2.30. The predicted molar refractivity (Wildman–Crippen MR) is 70.5 cm³/mol. The molecule has 0 radical (unpaired) electrons. The van der Waals surface area contributed by atoms with Gasteiger partial charge < -0.3 is 10.6 Å². The molecule has 88 valence electrons. The van der Waals surface area contributed by atoms with Crippen molar-refractivity contribution in [2.45, 2.75) is 13.0 Å². The number of anilines is 2. The molecule has 0 saturated carbocycles. The number of fused-ring (bicyclic) bond motifs is 1. The number of rotatable bonds is 1. The minimum Gasteiger partial charge on any atom is -0.368 e. The summed E-state index contributed by atoms with van der Waals surface area (Å²) in [5, 5.41) is 2.53. The van der Waals surface area contributed by atoms with Gasteiger partial charge in [-0.25, -0.2) is 4.98 Å². The third kappa shape index (κ3) is 2.08. The maximum atomic E-state index is 5.89. The molecule has 1 aliphatic rings. The number of thiophene rings is 1. The van der Waals surface area contributed by atoms with Crippen LogP contribution in [0.25, 0.3) is 0 Å². The molecule has 0 aromatic carbocycles. The lowest BCUT2D eigenvalue weighted by atomic mass is 10.1. The summed E-state index contributed by atoms with van der Waals surface area (Å²) < 4.78 is 0. The van der Waals surface area contributed by atoms with Gasteiger partial charge in [-0.1, -0.05) is 11.6 Å². The summed E-state index contributed by atoms with van der Waals surface area (Å²) in [6, 6.07) is 3.92. The summed E-state index contributed by atoms with van der Waals surface area (Å²) in [5.41, 5.74) is 6.98. The summed E-state index contributed by atoms with van der Waals surface area (Å²) in [5.74, 6) is 1.03. The number of nitrogens with zero attached hydrogens (tertiary/aromatic N) is 3. The Morgan fingerprint density at radius 2 is 2.29 bits per heavy atom. The second kappa shape index (κ2) is 4.16. The van der Waals surface area contributed by atoms with E-state index in [0.717, 1.165) is 25.3 Å².